The van der Waals surface area contributed by atoms with Gasteiger partial charge in [0.2, 0.25) is 0 Å². The molecule has 3 aromatic rings. The fraction of sp³-hybridized carbons (Fsp3) is 0.263. The van der Waals surface area contributed by atoms with Gasteiger partial charge in [0, 0.05) is 6.54 Å². The number of fused-ring (bicyclic) bond motifs is 1. The molecule has 0 aliphatic heterocycles. The van der Waals surface area contributed by atoms with Gasteiger partial charge >= 0.3 is 6.18 Å². The van der Waals surface area contributed by atoms with Gasteiger partial charge in [-0.2, -0.15) is 13.2 Å². The summed E-state index contributed by atoms with van der Waals surface area (Å²) in [4.78, 5) is 18.5. The van der Waals surface area contributed by atoms with E-state index >= 15 is 0 Å². The lowest BCUT2D eigenvalue weighted by Gasteiger charge is -2.25. The number of carbonyl (C=O) groups is 1. The number of hydrogen-bond acceptors (Lipinski definition) is 4. The van der Waals surface area contributed by atoms with Gasteiger partial charge < -0.3 is 10.3 Å². The number of nitrogens with one attached hydrogen (secondary N) is 2. The topological polar surface area (TPSA) is 91.9 Å². The summed E-state index contributed by atoms with van der Waals surface area (Å²) < 4.78 is 76.2. The third-order valence-corrected chi connectivity index (χ3v) is 7.01. The van der Waals surface area contributed by atoms with Crippen LogP contribution in [0, 0.1) is 5.82 Å². The second-order valence-electron chi connectivity index (χ2n) is 7.22. The number of alkyl halides is 3. The van der Waals surface area contributed by atoms with Gasteiger partial charge in [-0.15, -0.1) is 0 Å². The first-order valence-corrected chi connectivity index (χ1v) is 10.1. The number of hydrogen-bond donors (Lipinski definition) is 2. The van der Waals surface area contributed by atoms with Crippen molar-refractivity contribution in [2.24, 2.45) is 0 Å². The highest BCUT2D eigenvalue weighted by atomic mass is 32.2. The third kappa shape index (κ3) is 4.16. The number of benzene rings is 2. The SMILES string of the molecule is CC(C)(CNC(=O)c1nc2ccc(F)cc2[nH]1)S(=O)(=O)c1cccc(C(F)(F)F)c1. The molecule has 30 heavy (non-hydrogen) atoms. The summed E-state index contributed by atoms with van der Waals surface area (Å²) in [5.41, 5.74) is -0.452. The molecule has 0 aliphatic rings. The van der Waals surface area contributed by atoms with Crippen LogP contribution in [-0.4, -0.2) is 35.6 Å². The van der Waals surface area contributed by atoms with Gasteiger partial charge in [-0.3, -0.25) is 4.79 Å². The molecule has 1 aromatic heterocycles. The molecule has 0 atom stereocenters. The Morgan fingerprint density at radius 3 is 2.50 bits per heavy atom. The van der Waals surface area contributed by atoms with E-state index in [9.17, 15) is 30.8 Å². The summed E-state index contributed by atoms with van der Waals surface area (Å²) in [6, 6.07) is 7.13. The zero-order valence-corrected chi connectivity index (χ0v) is 16.7. The van der Waals surface area contributed by atoms with E-state index in [0.29, 0.717) is 11.6 Å². The summed E-state index contributed by atoms with van der Waals surface area (Å²) in [5, 5.41) is 2.41. The summed E-state index contributed by atoms with van der Waals surface area (Å²) in [5.74, 6) is -1.41. The van der Waals surface area contributed by atoms with E-state index in [-0.39, 0.29) is 11.3 Å². The Labute approximate surface area is 169 Å². The van der Waals surface area contributed by atoms with Gasteiger partial charge in [0.05, 0.1) is 26.2 Å². The van der Waals surface area contributed by atoms with Gasteiger partial charge in [0.25, 0.3) is 5.91 Å². The summed E-state index contributed by atoms with van der Waals surface area (Å²) in [6.07, 6.45) is -4.69. The van der Waals surface area contributed by atoms with Crippen LogP contribution in [0.15, 0.2) is 47.4 Å². The fourth-order valence-electron chi connectivity index (χ4n) is 2.72. The molecular weight excluding hydrogens is 426 g/mol. The normalized spacial score (nSPS) is 12.9. The minimum Gasteiger partial charge on any atom is -0.348 e. The standard InChI is InChI=1S/C19H17F4N3O3S/c1-18(2,30(28,29)13-5-3-4-11(8-13)19(21,22)23)10-24-17(27)16-25-14-7-6-12(20)9-15(14)26-16/h3-9H,10H2,1-2H3,(H,24,27)(H,25,26). The Morgan fingerprint density at radius 1 is 1.13 bits per heavy atom. The van der Waals surface area contributed by atoms with Gasteiger partial charge in [-0.05, 0) is 50.2 Å². The average molecular weight is 443 g/mol. The number of imidazole rings is 1. The number of carbonyl (C=O) groups excluding carboxylic acids is 1. The van der Waals surface area contributed by atoms with Gasteiger partial charge in [-0.25, -0.2) is 17.8 Å². The zero-order valence-electron chi connectivity index (χ0n) is 15.8. The molecule has 6 nitrogen and oxygen atoms in total. The van der Waals surface area contributed by atoms with Gasteiger partial charge in [0.1, 0.15) is 5.82 Å². The van der Waals surface area contributed by atoms with Gasteiger partial charge in [0.15, 0.2) is 15.7 Å². The van der Waals surface area contributed by atoms with Gasteiger partial charge in [-0.1, -0.05) is 6.07 Å². The second-order valence-corrected chi connectivity index (χ2v) is 9.80. The number of amides is 1. The lowest BCUT2D eigenvalue weighted by Crippen LogP contribution is -2.44. The Balaban J connectivity index is 1.80. The third-order valence-electron chi connectivity index (χ3n) is 4.53. The van der Waals surface area contributed by atoms with Crippen LogP contribution in [0.3, 0.4) is 0 Å². The summed E-state index contributed by atoms with van der Waals surface area (Å²) >= 11 is 0. The fourth-order valence-corrected chi connectivity index (χ4v) is 4.16. The van der Waals surface area contributed by atoms with Crippen molar-refractivity contribution in [2.75, 3.05) is 6.54 Å². The molecule has 1 heterocycles. The largest absolute Gasteiger partial charge is 0.416 e. The van der Waals surface area contributed by atoms with Crippen LogP contribution in [0.2, 0.25) is 0 Å². The molecule has 0 unspecified atom stereocenters. The van der Waals surface area contributed by atoms with Crippen LogP contribution in [0.25, 0.3) is 11.0 Å². The number of H-pyrrole nitrogens is 1. The van der Waals surface area contributed by atoms with Crippen LogP contribution in [0.5, 0.6) is 0 Å². The van der Waals surface area contributed by atoms with Crippen molar-refractivity contribution in [1.82, 2.24) is 15.3 Å². The van der Waals surface area contributed by atoms with Crippen molar-refractivity contribution < 1.29 is 30.8 Å². The van der Waals surface area contributed by atoms with Crippen molar-refractivity contribution in [3.63, 3.8) is 0 Å². The Bertz CT molecular complexity index is 1220. The molecule has 160 valence electrons. The highest BCUT2D eigenvalue weighted by molar-refractivity contribution is 7.92. The number of aromatic amines is 1. The minimum absolute atomic E-state index is 0.150. The molecule has 0 aliphatic carbocycles. The van der Waals surface area contributed by atoms with Crippen LogP contribution in [0.1, 0.15) is 30.0 Å². The van der Waals surface area contributed by atoms with Crippen molar-refractivity contribution >= 4 is 26.8 Å². The van der Waals surface area contributed by atoms with Crippen LogP contribution >= 0.6 is 0 Å². The molecule has 1 amide bonds. The Kier molecular flexibility index (Phi) is 5.35. The van der Waals surface area contributed by atoms with E-state index in [1.165, 1.54) is 26.0 Å². The lowest BCUT2D eigenvalue weighted by atomic mass is 10.2. The molecule has 3 rings (SSSR count). The molecule has 11 heteroatoms. The lowest BCUT2D eigenvalue weighted by molar-refractivity contribution is -0.137. The first-order chi connectivity index (χ1) is 13.8. The summed E-state index contributed by atoms with van der Waals surface area (Å²) in [7, 11) is -4.22. The van der Waals surface area contributed by atoms with Crippen molar-refractivity contribution in [3.8, 4) is 0 Å². The maximum absolute atomic E-state index is 13.3. The molecule has 0 bridgehead atoms. The van der Waals surface area contributed by atoms with Crippen LogP contribution in [0.4, 0.5) is 17.6 Å². The molecule has 0 radical (unpaired) electrons. The second kappa shape index (κ2) is 7.38. The number of rotatable bonds is 5. The van der Waals surface area contributed by atoms with Crippen molar-refractivity contribution in [1.29, 1.82) is 0 Å². The van der Waals surface area contributed by atoms with Crippen molar-refractivity contribution in [2.45, 2.75) is 29.7 Å². The molecule has 2 aromatic carbocycles. The average Bonchev–Trinajstić information content (AvgIpc) is 3.08. The quantitative estimate of drug-likeness (QED) is 0.588. The number of aromatic nitrogens is 2. The first-order valence-electron chi connectivity index (χ1n) is 8.67. The minimum atomic E-state index is -4.69. The predicted molar refractivity (Wildman–Crippen MR) is 101 cm³/mol. The number of nitrogens with zero attached hydrogens (tertiary/aromatic N) is 1. The summed E-state index contributed by atoms with van der Waals surface area (Å²) in [6.45, 7) is 2.18. The van der Waals surface area contributed by atoms with E-state index in [4.69, 9.17) is 0 Å². The molecular formula is C19H17F4N3O3S. The maximum Gasteiger partial charge on any atom is 0.416 e. The van der Waals surface area contributed by atoms with E-state index in [1.807, 2.05) is 0 Å². The van der Waals surface area contributed by atoms with E-state index < -0.39 is 49.5 Å². The molecule has 0 saturated carbocycles. The van der Waals surface area contributed by atoms with Crippen LogP contribution in [-0.2, 0) is 16.0 Å². The highest BCUT2D eigenvalue weighted by Crippen LogP contribution is 2.33. The Morgan fingerprint density at radius 2 is 1.83 bits per heavy atom. The molecule has 0 fully saturated rings. The Hall–Kier alpha value is -2.95. The molecule has 0 spiro atoms. The van der Waals surface area contributed by atoms with E-state index in [0.717, 1.165) is 24.3 Å². The zero-order chi connectivity index (χ0) is 22.3. The predicted octanol–water partition coefficient (Wildman–Crippen LogP) is 3.70. The number of sulfone groups is 1. The number of halogens is 4. The van der Waals surface area contributed by atoms with Crippen LogP contribution < -0.4 is 5.32 Å². The van der Waals surface area contributed by atoms with E-state index in [2.05, 4.69) is 15.3 Å². The smallest absolute Gasteiger partial charge is 0.348 e. The maximum atomic E-state index is 13.3. The van der Waals surface area contributed by atoms with Crippen molar-refractivity contribution in [3.05, 3.63) is 59.7 Å². The monoisotopic (exact) mass is 443 g/mol. The molecule has 0 saturated heterocycles. The highest BCUT2D eigenvalue weighted by Gasteiger charge is 2.38. The molecule has 2 N–H and O–H groups in total. The van der Waals surface area contributed by atoms with E-state index in [1.54, 1.807) is 0 Å². The first kappa shape index (κ1) is 21.8.